The van der Waals surface area contributed by atoms with Crippen LogP contribution in [0.2, 0.25) is 0 Å². The van der Waals surface area contributed by atoms with E-state index in [4.69, 9.17) is 5.73 Å². The van der Waals surface area contributed by atoms with Crippen LogP contribution < -0.4 is 16.4 Å². The molecule has 0 fully saturated rings. The van der Waals surface area contributed by atoms with E-state index < -0.39 is 0 Å². The van der Waals surface area contributed by atoms with Crippen LogP contribution >= 0.6 is 12.2 Å². The van der Waals surface area contributed by atoms with E-state index in [0.717, 1.165) is 5.56 Å². The molecular formula is C10H13N3OS. The molecular weight excluding hydrogens is 210 g/mol. The van der Waals surface area contributed by atoms with Gasteiger partial charge in [0.25, 0.3) is 0 Å². The van der Waals surface area contributed by atoms with Crippen LogP contribution in [0.4, 0.5) is 4.79 Å². The number of urea groups is 1. The molecule has 2 amide bonds. The molecule has 0 aliphatic carbocycles. The van der Waals surface area contributed by atoms with Crippen molar-refractivity contribution in [3.05, 3.63) is 35.9 Å². The van der Waals surface area contributed by atoms with E-state index in [0.29, 0.717) is 6.54 Å². The van der Waals surface area contributed by atoms with Crippen molar-refractivity contribution in [3.8, 4) is 0 Å². The lowest BCUT2D eigenvalue weighted by Crippen LogP contribution is -2.39. The van der Waals surface area contributed by atoms with Crippen molar-refractivity contribution in [2.45, 2.75) is 6.54 Å². The molecule has 4 N–H and O–H groups in total. The Hall–Kier alpha value is -1.62. The van der Waals surface area contributed by atoms with Crippen LogP contribution in [0, 0.1) is 0 Å². The number of nitrogens with two attached hydrogens (primary N) is 1. The summed E-state index contributed by atoms with van der Waals surface area (Å²) in [6, 6.07) is 9.37. The first-order valence-corrected chi connectivity index (χ1v) is 4.93. The summed E-state index contributed by atoms with van der Waals surface area (Å²) in [6.45, 7) is 0.708. The Labute approximate surface area is 93.9 Å². The third-order valence-electron chi connectivity index (χ3n) is 1.72. The van der Waals surface area contributed by atoms with E-state index in [2.05, 4.69) is 22.9 Å². The highest BCUT2D eigenvalue weighted by Crippen LogP contribution is 1.96. The molecule has 0 unspecified atom stereocenters. The third-order valence-corrected chi connectivity index (χ3v) is 1.86. The Morgan fingerprint density at radius 2 is 1.93 bits per heavy atom. The van der Waals surface area contributed by atoms with Gasteiger partial charge in [-0.15, -0.1) is 0 Å². The summed E-state index contributed by atoms with van der Waals surface area (Å²) in [5, 5.41) is 5.23. The number of benzene rings is 1. The second kappa shape index (κ2) is 5.98. The molecule has 0 saturated carbocycles. The van der Waals surface area contributed by atoms with Gasteiger partial charge in [-0.2, -0.15) is 0 Å². The van der Waals surface area contributed by atoms with Crippen LogP contribution in [0.3, 0.4) is 0 Å². The van der Waals surface area contributed by atoms with E-state index in [1.54, 1.807) is 0 Å². The molecule has 5 heteroatoms. The monoisotopic (exact) mass is 223 g/mol. The van der Waals surface area contributed by atoms with Gasteiger partial charge in [-0.1, -0.05) is 42.5 Å². The highest BCUT2D eigenvalue weighted by molar-refractivity contribution is 7.80. The minimum atomic E-state index is -0.272. The molecule has 80 valence electrons. The molecule has 0 aliphatic rings. The molecule has 1 aromatic rings. The molecule has 0 bridgehead atoms. The second-order valence-electron chi connectivity index (χ2n) is 2.99. The Bertz CT molecular complexity index is 340. The molecule has 0 spiro atoms. The topological polar surface area (TPSA) is 67.1 Å². The summed E-state index contributed by atoms with van der Waals surface area (Å²) >= 11 is 4.63. The van der Waals surface area contributed by atoms with Gasteiger partial charge in [0.1, 0.15) is 0 Å². The normalized spacial score (nSPS) is 9.33. The number of hydrogen-bond acceptors (Lipinski definition) is 2. The van der Waals surface area contributed by atoms with Crippen molar-refractivity contribution in [2.24, 2.45) is 5.73 Å². The first-order chi connectivity index (χ1) is 7.18. The van der Waals surface area contributed by atoms with Crippen molar-refractivity contribution < 1.29 is 4.79 Å². The summed E-state index contributed by atoms with van der Waals surface area (Å²) in [5.74, 6) is 0. The molecule has 0 radical (unpaired) electrons. The predicted molar refractivity (Wildman–Crippen MR) is 63.5 cm³/mol. The van der Waals surface area contributed by atoms with Crippen molar-refractivity contribution in [1.29, 1.82) is 0 Å². The third kappa shape index (κ3) is 4.97. The Morgan fingerprint density at radius 3 is 2.53 bits per heavy atom. The van der Waals surface area contributed by atoms with Crippen LogP contribution in [0.1, 0.15) is 5.56 Å². The Balaban J connectivity index is 2.26. The van der Waals surface area contributed by atoms with Crippen LogP contribution in [0.5, 0.6) is 0 Å². The fraction of sp³-hybridized carbons (Fsp3) is 0.200. The minimum Gasteiger partial charge on any atom is -0.392 e. The zero-order chi connectivity index (χ0) is 11.1. The summed E-state index contributed by atoms with van der Waals surface area (Å²) in [4.78, 5) is 11.5. The quantitative estimate of drug-likeness (QED) is 0.661. The number of hydrogen-bond donors (Lipinski definition) is 3. The fourth-order valence-corrected chi connectivity index (χ4v) is 1.08. The maximum Gasteiger partial charge on any atom is 0.315 e. The van der Waals surface area contributed by atoms with Crippen LogP contribution in [-0.2, 0) is 6.54 Å². The average Bonchev–Trinajstić information content (AvgIpc) is 2.25. The molecule has 0 aromatic heterocycles. The van der Waals surface area contributed by atoms with E-state index >= 15 is 0 Å². The lowest BCUT2D eigenvalue weighted by Gasteiger charge is -2.06. The molecule has 4 nitrogen and oxygen atoms in total. The maximum absolute atomic E-state index is 11.2. The van der Waals surface area contributed by atoms with E-state index in [1.165, 1.54) is 0 Å². The van der Waals surface area contributed by atoms with Crippen molar-refractivity contribution in [2.75, 3.05) is 6.54 Å². The number of nitrogens with one attached hydrogen (secondary N) is 2. The van der Waals surface area contributed by atoms with Gasteiger partial charge in [0.15, 0.2) is 0 Å². The largest absolute Gasteiger partial charge is 0.392 e. The molecule has 0 heterocycles. The first-order valence-electron chi connectivity index (χ1n) is 4.52. The van der Waals surface area contributed by atoms with Crippen LogP contribution in [0.25, 0.3) is 0 Å². The van der Waals surface area contributed by atoms with Crippen LogP contribution in [0.15, 0.2) is 30.3 Å². The van der Waals surface area contributed by atoms with Gasteiger partial charge < -0.3 is 16.4 Å². The molecule has 1 rings (SSSR count). The van der Waals surface area contributed by atoms with Gasteiger partial charge in [-0.05, 0) is 5.56 Å². The summed E-state index contributed by atoms with van der Waals surface area (Å²) < 4.78 is 0. The number of carbonyl (C=O) groups is 1. The van der Waals surface area contributed by atoms with E-state index in [9.17, 15) is 4.79 Å². The van der Waals surface area contributed by atoms with Gasteiger partial charge in [-0.3, -0.25) is 0 Å². The van der Waals surface area contributed by atoms with Crippen molar-refractivity contribution >= 4 is 23.2 Å². The standard InChI is InChI=1S/C10H13N3OS/c11-9(15)7-13-10(14)12-6-8-4-2-1-3-5-8/h1-5H,6-7H2,(H2,11,15)(H2,12,13,14). The zero-order valence-electron chi connectivity index (χ0n) is 8.19. The number of thiocarbonyl (C=S) groups is 1. The van der Waals surface area contributed by atoms with Gasteiger partial charge in [0.2, 0.25) is 0 Å². The SMILES string of the molecule is NC(=S)CNC(=O)NCc1ccccc1. The molecule has 15 heavy (non-hydrogen) atoms. The van der Waals surface area contributed by atoms with Gasteiger partial charge in [0.05, 0.1) is 11.5 Å². The van der Waals surface area contributed by atoms with Crippen molar-refractivity contribution in [3.63, 3.8) is 0 Å². The number of amides is 2. The zero-order valence-corrected chi connectivity index (χ0v) is 9.01. The molecule has 1 aromatic carbocycles. The lowest BCUT2D eigenvalue weighted by atomic mass is 10.2. The average molecular weight is 223 g/mol. The summed E-state index contributed by atoms with van der Waals surface area (Å²) in [7, 11) is 0. The highest BCUT2D eigenvalue weighted by Gasteiger charge is 1.99. The molecule has 0 saturated heterocycles. The van der Waals surface area contributed by atoms with E-state index in [-0.39, 0.29) is 17.6 Å². The fourth-order valence-electron chi connectivity index (χ4n) is 1.01. The van der Waals surface area contributed by atoms with Crippen LogP contribution in [-0.4, -0.2) is 17.6 Å². The Kier molecular flexibility index (Phi) is 4.56. The smallest absolute Gasteiger partial charge is 0.315 e. The molecule has 0 aliphatic heterocycles. The predicted octanol–water partition coefficient (Wildman–Crippen LogP) is 0.772. The highest BCUT2D eigenvalue weighted by atomic mass is 32.1. The van der Waals surface area contributed by atoms with Gasteiger partial charge in [0, 0.05) is 6.54 Å². The van der Waals surface area contributed by atoms with E-state index in [1.807, 2.05) is 30.3 Å². The minimum absolute atomic E-state index is 0.218. The first kappa shape index (κ1) is 11.5. The second-order valence-corrected chi connectivity index (χ2v) is 3.51. The summed E-state index contributed by atoms with van der Waals surface area (Å²) in [5.41, 5.74) is 6.28. The number of carbonyl (C=O) groups excluding carboxylic acids is 1. The Morgan fingerprint density at radius 1 is 1.27 bits per heavy atom. The van der Waals surface area contributed by atoms with Gasteiger partial charge in [-0.25, -0.2) is 4.79 Å². The lowest BCUT2D eigenvalue weighted by molar-refractivity contribution is 0.242. The van der Waals surface area contributed by atoms with Gasteiger partial charge >= 0.3 is 6.03 Å². The van der Waals surface area contributed by atoms with Crippen molar-refractivity contribution in [1.82, 2.24) is 10.6 Å². The molecule has 0 atom stereocenters. The summed E-state index contributed by atoms with van der Waals surface area (Å²) in [6.07, 6.45) is 0. The maximum atomic E-state index is 11.2. The number of rotatable bonds is 4.